The maximum atomic E-state index is 10.2. The minimum Gasteiger partial charge on any atom is -0.232 e. The van der Waals surface area contributed by atoms with Crippen LogP contribution >= 0.6 is 0 Å². The van der Waals surface area contributed by atoms with E-state index in [1.807, 2.05) is 0 Å². The number of hydrogen-bond acceptors (Lipinski definition) is 2. The first-order valence-corrected chi connectivity index (χ1v) is 6.25. The van der Waals surface area contributed by atoms with Crippen LogP contribution in [-0.2, 0) is 10.7 Å². The number of thiol groups is 1. The predicted molar refractivity (Wildman–Crippen MR) is 53.2 cm³/mol. The molecular weight excluding hydrogens is 172 g/mol. The summed E-state index contributed by atoms with van der Waals surface area (Å²) in [7, 11) is -2.13. The predicted octanol–water partition coefficient (Wildman–Crippen LogP) is 2.35. The zero-order valence-corrected chi connectivity index (χ0v) is 8.81. The first-order chi connectivity index (χ1) is 5.77. The maximum Gasteiger partial charge on any atom is 0.140 e. The summed E-state index contributed by atoms with van der Waals surface area (Å²) >= 11 is 0. The summed E-state index contributed by atoms with van der Waals surface area (Å²) in [6.07, 6.45) is 8.28. The average molecular weight is 192 g/mol. The minimum absolute atomic E-state index is 0.378. The molecular formula is C9H20O2S. The van der Waals surface area contributed by atoms with Crippen molar-refractivity contribution in [2.45, 2.75) is 51.9 Å². The van der Waals surface area contributed by atoms with Gasteiger partial charge in [0.05, 0.1) is 0 Å². The summed E-state index contributed by atoms with van der Waals surface area (Å²) in [5.41, 5.74) is 0. The van der Waals surface area contributed by atoms with Gasteiger partial charge in [-0.2, -0.15) is 0 Å². The number of hydrogen-bond donors (Lipinski definition) is 1. The second-order valence-corrected chi connectivity index (χ2v) is 4.29. The van der Waals surface area contributed by atoms with E-state index >= 15 is 0 Å². The van der Waals surface area contributed by atoms with E-state index in [1.54, 1.807) is 0 Å². The molecule has 3 heteroatoms. The quantitative estimate of drug-likeness (QED) is 0.473. The highest BCUT2D eigenvalue weighted by Gasteiger charge is 1.91. The van der Waals surface area contributed by atoms with E-state index in [2.05, 4.69) is 6.92 Å². The van der Waals surface area contributed by atoms with Crippen LogP contribution in [0, 0.1) is 0 Å². The molecule has 0 radical (unpaired) electrons. The fourth-order valence-corrected chi connectivity index (χ4v) is 1.68. The zero-order valence-electron chi connectivity index (χ0n) is 7.92. The molecule has 0 fully saturated rings. The average Bonchev–Trinajstić information content (AvgIpc) is 2.02. The van der Waals surface area contributed by atoms with Gasteiger partial charge in [0.2, 0.25) is 0 Å². The maximum absolute atomic E-state index is 10.2. The van der Waals surface area contributed by atoms with Gasteiger partial charge in [-0.05, 0) is 6.42 Å². The highest BCUT2D eigenvalue weighted by atomic mass is 32.2. The Morgan fingerprint density at radius 3 is 1.83 bits per heavy atom. The monoisotopic (exact) mass is 192 g/mol. The SMILES string of the molecule is CCCCCCCCC[SH](=O)=O. The van der Waals surface area contributed by atoms with Crippen molar-refractivity contribution in [1.82, 2.24) is 0 Å². The van der Waals surface area contributed by atoms with Crippen molar-refractivity contribution in [3.05, 3.63) is 0 Å². The number of unbranched alkanes of at least 4 members (excludes halogenated alkanes) is 6. The highest BCUT2D eigenvalue weighted by Crippen LogP contribution is 2.06. The Morgan fingerprint density at radius 1 is 0.833 bits per heavy atom. The third-order valence-electron chi connectivity index (χ3n) is 1.94. The molecule has 0 aliphatic heterocycles. The fourth-order valence-electron chi connectivity index (χ4n) is 1.20. The molecule has 0 atom stereocenters. The van der Waals surface area contributed by atoms with E-state index in [9.17, 15) is 8.42 Å². The molecule has 0 rings (SSSR count). The molecule has 0 N–H and O–H groups in total. The first-order valence-electron chi connectivity index (χ1n) is 4.89. The van der Waals surface area contributed by atoms with Crippen LogP contribution in [0.3, 0.4) is 0 Å². The molecule has 0 amide bonds. The van der Waals surface area contributed by atoms with Gasteiger partial charge in [-0.15, -0.1) is 0 Å². The van der Waals surface area contributed by atoms with Gasteiger partial charge in [0.15, 0.2) is 0 Å². The standard InChI is InChI=1S/C9H20O2S/c1-2-3-4-5-6-7-8-9-12(10)11/h12H,2-9H2,1H3. The summed E-state index contributed by atoms with van der Waals surface area (Å²) in [5.74, 6) is 0.378. The van der Waals surface area contributed by atoms with Gasteiger partial charge in [-0.3, -0.25) is 0 Å². The van der Waals surface area contributed by atoms with Crippen molar-refractivity contribution in [1.29, 1.82) is 0 Å². The van der Waals surface area contributed by atoms with Crippen molar-refractivity contribution in [2.24, 2.45) is 0 Å². The van der Waals surface area contributed by atoms with Gasteiger partial charge >= 0.3 is 0 Å². The highest BCUT2D eigenvalue weighted by molar-refractivity contribution is 7.72. The molecule has 0 unspecified atom stereocenters. The lowest BCUT2D eigenvalue weighted by Crippen LogP contribution is -1.87. The smallest absolute Gasteiger partial charge is 0.140 e. The molecule has 2 nitrogen and oxygen atoms in total. The molecule has 0 aliphatic carbocycles. The van der Waals surface area contributed by atoms with Gasteiger partial charge in [0, 0.05) is 5.75 Å². The van der Waals surface area contributed by atoms with E-state index in [4.69, 9.17) is 0 Å². The second kappa shape index (κ2) is 9.04. The third kappa shape index (κ3) is 9.95. The lowest BCUT2D eigenvalue weighted by Gasteiger charge is -1.97. The Balaban J connectivity index is 2.91. The lowest BCUT2D eigenvalue weighted by molar-refractivity contribution is 0.590. The summed E-state index contributed by atoms with van der Waals surface area (Å²) in [6, 6.07) is 0. The first kappa shape index (κ1) is 11.9. The van der Waals surface area contributed by atoms with Crippen LogP contribution in [0.15, 0.2) is 0 Å². The fraction of sp³-hybridized carbons (Fsp3) is 1.00. The van der Waals surface area contributed by atoms with Gasteiger partial charge < -0.3 is 0 Å². The van der Waals surface area contributed by atoms with Gasteiger partial charge in [-0.1, -0.05) is 45.4 Å². The number of rotatable bonds is 8. The van der Waals surface area contributed by atoms with Crippen LogP contribution in [0.1, 0.15) is 51.9 Å². The summed E-state index contributed by atoms with van der Waals surface area (Å²) in [5, 5.41) is 0. The summed E-state index contributed by atoms with van der Waals surface area (Å²) < 4.78 is 20.3. The molecule has 74 valence electrons. The minimum atomic E-state index is -2.13. The third-order valence-corrected chi connectivity index (χ3v) is 2.63. The van der Waals surface area contributed by atoms with Crippen molar-refractivity contribution >= 4 is 10.7 Å². The topological polar surface area (TPSA) is 34.1 Å². The Kier molecular flexibility index (Phi) is 9.00. The molecule has 12 heavy (non-hydrogen) atoms. The second-order valence-electron chi connectivity index (χ2n) is 3.18. The molecule has 0 bridgehead atoms. The van der Waals surface area contributed by atoms with E-state index in [0.29, 0.717) is 5.75 Å². The molecule has 0 aliphatic rings. The lowest BCUT2D eigenvalue weighted by atomic mass is 10.1. The normalized spacial score (nSPS) is 10.8. The van der Waals surface area contributed by atoms with Crippen LogP contribution in [0.2, 0.25) is 0 Å². The molecule has 0 saturated carbocycles. The molecule has 0 heterocycles. The Bertz CT molecular complexity index is 145. The van der Waals surface area contributed by atoms with Crippen LogP contribution in [0.25, 0.3) is 0 Å². The summed E-state index contributed by atoms with van der Waals surface area (Å²) in [6.45, 7) is 2.20. The zero-order chi connectivity index (χ0) is 9.23. The van der Waals surface area contributed by atoms with E-state index in [0.717, 1.165) is 12.8 Å². The van der Waals surface area contributed by atoms with Crippen LogP contribution < -0.4 is 0 Å². The molecule has 0 aromatic heterocycles. The van der Waals surface area contributed by atoms with Gasteiger partial charge in [0.1, 0.15) is 10.7 Å². The Morgan fingerprint density at radius 2 is 1.33 bits per heavy atom. The Labute approximate surface area is 77.3 Å². The van der Waals surface area contributed by atoms with Gasteiger partial charge in [0.25, 0.3) is 0 Å². The molecule has 0 spiro atoms. The van der Waals surface area contributed by atoms with Crippen LogP contribution in [-0.4, -0.2) is 14.2 Å². The Hall–Kier alpha value is -0.0500. The van der Waals surface area contributed by atoms with Crippen LogP contribution in [0.5, 0.6) is 0 Å². The van der Waals surface area contributed by atoms with Gasteiger partial charge in [-0.25, -0.2) is 8.42 Å². The summed E-state index contributed by atoms with van der Waals surface area (Å²) in [4.78, 5) is 0. The van der Waals surface area contributed by atoms with Crippen molar-refractivity contribution in [3.8, 4) is 0 Å². The molecule has 0 aromatic carbocycles. The molecule has 0 aromatic rings. The molecule has 0 saturated heterocycles. The van der Waals surface area contributed by atoms with Crippen LogP contribution in [0.4, 0.5) is 0 Å². The van der Waals surface area contributed by atoms with E-state index in [1.165, 1.54) is 32.1 Å². The van der Waals surface area contributed by atoms with E-state index < -0.39 is 10.7 Å². The largest absolute Gasteiger partial charge is 0.232 e. The van der Waals surface area contributed by atoms with Crippen molar-refractivity contribution in [3.63, 3.8) is 0 Å². The van der Waals surface area contributed by atoms with E-state index in [-0.39, 0.29) is 0 Å². The van der Waals surface area contributed by atoms with Crippen molar-refractivity contribution < 1.29 is 8.42 Å². The van der Waals surface area contributed by atoms with Crippen molar-refractivity contribution in [2.75, 3.05) is 5.75 Å².